The number of benzene rings is 1. The van der Waals surface area contributed by atoms with Crippen LogP contribution in [-0.2, 0) is 28.1 Å². The zero-order valence-electron chi connectivity index (χ0n) is 22.2. The van der Waals surface area contributed by atoms with Crippen molar-refractivity contribution >= 4 is 32.6 Å². The number of aryl methyl sites for hydroxylation is 2. The lowest BCUT2D eigenvalue weighted by Gasteiger charge is -2.18. The number of hydrogen-bond donors (Lipinski definition) is 1. The molecule has 1 amide bonds. The zero-order valence-corrected chi connectivity index (χ0v) is 23.0. The highest BCUT2D eigenvalue weighted by Crippen LogP contribution is 2.31. The molecule has 0 saturated carbocycles. The van der Waals surface area contributed by atoms with Crippen molar-refractivity contribution in [3.63, 3.8) is 0 Å². The standard InChI is InChI=1S/C27H31N7O4S/c1-17-12-19-13-23(30-17)21-15-28-33(3)26(21)38-10-9-37-18(2)16-34-24-14-20(39(36)11-5-4-8-29-39)6-7-22(24)31-27(34)32-25(19)35/h6-7,12-15,18H,4-5,8-11,16H2,1-3H3,(H,31,32,35). The summed E-state index contributed by atoms with van der Waals surface area (Å²) < 4.78 is 33.7. The summed E-state index contributed by atoms with van der Waals surface area (Å²) in [6.07, 6.45) is 3.31. The number of ether oxygens (including phenoxy) is 2. The Bertz CT molecular complexity index is 1700. The molecule has 6 rings (SSSR count). The van der Waals surface area contributed by atoms with Gasteiger partial charge in [-0.25, -0.2) is 18.2 Å². The van der Waals surface area contributed by atoms with E-state index in [-0.39, 0.29) is 12.0 Å². The molecular weight excluding hydrogens is 518 g/mol. The lowest BCUT2D eigenvalue weighted by atomic mass is 10.1. The largest absolute Gasteiger partial charge is 0.475 e. The van der Waals surface area contributed by atoms with Crippen LogP contribution in [0.3, 0.4) is 0 Å². The molecule has 1 aromatic carbocycles. The van der Waals surface area contributed by atoms with E-state index in [4.69, 9.17) is 14.5 Å². The van der Waals surface area contributed by atoms with E-state index in [2.05, 4.69) is 19.8 Å². The Balaban J connectivity index is 1.45. The van der Waals surface area contributed by atoms with E-state index >= 15 is 0 Å². The number of nitrogens with one attached hydrogen (secondary N) is 1. The summed E-state index contributed by atoms with van der Waals surface area (Å²) in [5.41, 5.74) is 3.87. The van der Waals surface area contributed by atoms with Gasteiger partial charge in [-0.1, -0.05) is 0 Å². The first-order valence-corrected chi connectivity index (χ1v) is 14.8. The summed E-state index contributed by atoms with van der Waals surface area (Å²) in [4.78, 5) is 23.6. The second kappa shape index (κ2) is 10.1. The molecule has 0 spiro atoms. The first-order chi connectivity index (χ1) is 18.8. The molecule has 5 heterocycles. The van der Waals surface area contributed by atoms with Gasteiger partial charge >= 0.3 is 0 Å². The minimum atomic E-state index is -2.47. The molecule has 0 saturated heterocycles. The number of anilines is 1. The van der Waals surface area contributed by atoms with Gasteiger partial charge in [-0.2, -0.15) is 5.10 Å². The third-order valence-corrected chi connectivity index (χ3v) is 9.41. The number of carbonyl (C=O) groups is 1. The number of rotatable bonds is 1. The van der Waals surface area contributed by atoms with Gasteiger partial charge < -0.3 is 14.0 Å². The number of aromatic nitrogens is 5. The third kappa shape index (κ3) is 4.89. The molecule has 0 fully saturated rings. The van der Waals surface area contributed by atoms with Gasteiger partial charge in [0.1, 0.15) is 6.61 Å². The molecule has 11 nitrogen and oxygen atoms in total. The highest BCUT2D eigenvalue weighted by atomic mass is 32.2. The van der Waals surface area contributed by atoms with Crippen LogP contribution in [0.5, 0.6) is 5.88 Å². The van der Waals surface area contributed by atoms with Crippen LogP contribution in [-0.4, -0.2) is 66.0 Å². The zero-order chi connectivity index (χ0) is 27.1. The van der Waals surface area contributed by atoms with Crippen LogP contribution in [0.2, 0.25) is 0 Å². The fourth-order valence-electron chi connectivity index (χ4n) is 5.04. The van der Waals surface area contributed by atoms with Crippen LogP contribution in [0.25, 0.3) is 22.3 Å². The highest BCUT2D eigenvalue weighted by Gasteiger charge is 2.23. The second-order valence-electron chi connectivity index (χ2n) is 9.95. The predicted octanol–water partition coefficient (Wildman–Crippen LogP) is 3.81. The van der Waals surface area contributed by atoms with E-state index in [1.807, 2.05) is 36.6 Å². The Hall–Kier alpha value is -3.77. The first kappa shape index (κ1) is 25.5. The maximum atomic E-state index is 13.6. The van der Waals surface area contributed by atoms with E-state index in [1.165, 1.54) is 0 Å². The van der Waals surface area contributed by atoms with Crippen molar-refractivity contribution in [1.82, 2.24) is 24.3 Å². The van der Waals surface area contributed by atoms with Crippen LogP contribution < -0.4 is 10.1 Å². The van der Waals surface area contributed by atoms with Gasteiger partial charge in [-0.15, -0.1) is 0 Å². The SMILES string of the molecule is Cc1cc2cc(n1)-c1cnn(C)c1OCCOC(C)Cn1c(nc3ccc(S4(=O)=NCCCC4)cc31)NC2=O. The summed E-state index contributed by atoms with van der Waals surface area (Å²) in [7, 11) is -0.674. The monoisotopic (exact) mass is 549 g/mol. The van der Waals surface area contributed by atoms with Crippen LogP contribution in [0.15, 0.2) is 45.8 Å². The van der Waals surface area contributed by atoms with E-state index in [0.717, 1.165) is 18.4 Å². The van der Waals surface area contributed by atoms with Crippen molar-refractivity contribution in [3.05, 3.63) is 47.8 Å². The van der Waals surface area contributed by atoms with Crippen LogP contribution in [0.4, 0.5) is 5.95 Å². The summed E-state index contributed by atoms with van der Waals surface area (Å²) in [5, 5.41) is 7.32. The Morgan fingerprint density at radius 1 is 1.13 bits per heavy atom. The van der Waals surface area contributed by atoms with Gasteiger partial charge in [-0.05, 0) is 57.0 Å². The van der Waals surface area contributed by atoms with Gasteiger partial charge in [0.2, 0.25) is 11.8 Å². The Kier molecular flexibility index (Phi) is 6.59. The number of nitrogens with zero attached hydrogens (tertiary/aromatic N) is 6. The normalized spacial score (nSPS) is 22.0. The molecule has 3 aromatic heterocycles. The second-order valence-corrected chi connectivity index (χ2v) is 12.4. The maximum absolute atomic E-state index is 13.6. The van der Waals surface area contributed by atoms with E-state index < -0.39 is 9.73 Å². The van der Waals surface area contributed by atoms with Crippen LogP contribution >= 0.6 is 0 Å². The molecule has 2 aliphatic rings. The molecule has 2 unspecified atom stereocenters. The van der Waals surface area contributed by atoms with Gasteiger partial charge in [0.15, 0.2) is 0 Å². The van der Waals surface area contributed by atoms with Crippen molar-refractivity contribution in [2.45, 2.75) is 44.2 Å². The number of carbonyl (C=O) groups excluding carboxylic acids is 1. The first-order valence-electron chi connectivity index (χ1n) is 13.1. The molecule has 0 radical (unpaired) electrons. The molecular formula is C27H31N7O4S. The van der Waals surface area contributed by atoms with Crippen LogP contribution in [0, 0.1) is 6.92 Å². The summed E-state index contributed by atoms with van der Waals surface area (Å²) in [6, 6.07) is 9.06. The fraction of sp³-hybridized carbons (Fsp3) is 0.407. The van der Waals surface area contributed by atoms with Crippen molar-refractivity contribution < 1.29 is 18.5 Å². The molecule has 39 heavy (non-hydrogen) atoms. The smallest absolute Gasteiger partial charge is 0.258 e. The Morgan fingerprint density at radius 2 is 2.00 bits per heavy atom. The number of fused-ring (bicyclic) bond motifs is 7. The topological polar surface area (TPSA) is 126 Å². The molecule has 2 aliphatic heterocycles. The average Bonchev–Trinajstić information content (AvgIpc) is 3.45. The van der Waals surface area contributed by atoms with Gasteiger partial charge in [0.05, 0.1) is 57.5 Å². The molecule has 2 bridgehead atoms. The van der Waals surface area contributed by atoms with E-state index in [0.29, 0.717) is 76.8 Å². The molecule has 2 atom stereocenters. The number of hydrogen-bond acceptors (Lipinski definition) is 8. The molecule has 4 aromatic rings. The van der Waals surface area contributed by atoms with Crippen molar-refractivity contribution in [2.24, 2.45) is 11.4 Å². The van der Waals surface area contributed by atoms with Gasteiger partial charge in [0.25, 0.3) is 5.91 Å². The predicted molar refractivity (Wildman–Crippen MR) is 148 cm³/mol. The van der Waals surface area contributed by atoms with Crippen molar-refractivity contribution in [2.75, 3.05) is 30.8 Å². The number of imidazole rings is 1. The molecule has 12 heteroatoms. The molecule has 0 aliphatic carbocycles. The highest BCUT2D eigenvalue weighted by molar-refractivity contribution is 7.93. The summed E-state index contributed by atoms with van der Waals surface area (Å²) in [6.45, 7) is 5.50. The van der Waals surface area contributed by atoms with Crippen molar-refractivity contribution in [1.29, 1.82) is 0 Å². The van der Waals surface area contributed by atoms with Crippen LogP contribution in [0.1, 0.15) is 35.8 Å². The third-order valence-electron chi connectivity index (χ3n) is 6.98. The minimum absolute atomic E-state index is 0.223. The van der Waals surface area contributed by atoms with E-state index in [9.17, 15) is 9.00 Å². The Morgan fingerprint density at radius 3 is 2.82 bits per heavy atom. The number of pyridine rings is 1. The molecule has 204 valence electrons. The fourth-order valence-corrected chi connectivity index (χ4v) is 7.15. The number of amides is 1. The van der Waals surface area contributed by atoms with Gasteiger partial charge in [0, 0.05) is 35.5 Å². The quantitative estimate of drug-likeness (QED) is 0.383. The lowest BCUT2D eigenvalue weighted by molar-refractivity contribution is 0.0344. The molecule has 1 N–H and O–H groups in total. The maximum Gasteiger partial charge on any atom is 0.258 e. The Labute approximate surface area is 226 Å². The lowest BCUT2D eigenvalue weighted by Crippen LogP contribution is -2.22. The van der Waals surface area contributed by atoms with Crippen molar-refractivity contribution in [3.8, 4) is 17.1 Å². The minimum Gasteiger partial charge on any atom is -0.475 e. The summed E-state index contributed by atoms with van der Waals surface area (Å²) in [5.74, 6) is 1.18. The van der Waals surface area contributed by atoms with Gasteiger partial charge in [-0.3, -0.25) is 15.1 Å². The van der Waals surface area contributed by atoms with E-state index in [1.54, 1.807) is 30.1 Å². The average molecular weight is 550 g/mol. The summed E-state index contributed by atoms with van der Waals surface area (Å²) >= 11 is 0.